The molecule has 0 radical (unpaired) electrons. The summed E-state index contributed by atoms with van der Waals surface area (Å²) < 4.78 is 13.4. The molecule has 1 rings (SSSR count). The summed E-state index contributed by atoms with van der Waals surface area (Å²) in [6.07, 6.45) is 4.65. The van der Waals surface area contributed by atoms with Gasteiger partial charge in [-0.2, -0.15) is 0 Å². The minimum atomic E-state index is -1.92. The first-order valence-electron chi connectivity index (χ1n) is 12.4. The van der Waals surface area contributed by atoms with Gasteiger partial charge >= 0.3 is 0 Å². The van der Waals surface area contributed by atoms with Crippen LogP contribution >= 0.6 is 0 Å². The molecule has 0 aromatic carbocycles. The molecule has 0 aliphatic heterocycles. The second-order valence-electron chi connectivity index (χ2n) is 10.7. The van der Waals surface area contributed by atoms with Crippen LogP contribution in [-0.2, 0) is 13.6 Å². The van der Waals surface area contributed by atoms with E-state index in [0.717, 1.165) is 31.0 Å². The van der Waals surface area contributed by atoms with Crippen molar-refractivity contribution in [2.45, 2.75) is 129 Å². The SMILES string of the molecule is C=C1C(=O)C[C@H](O[Si](CC)(CC)CC)[C@@H]1C#C[C@H](CCCCC)O[Si](C)(C)C(C)(C)C. The van der Waals surface area contributed by atoms with Crippen molar-refractivity contribution in [3.63, 3.8) is 0 Å². The van der Waals surface area contributed by atoms with Gasteiger partial charge in [-0.1, -0.05) is 79.7 Å². The lowest BCUT2D eigenvalue weighted by Crippen LogP contribution is -2.43. The van der Waals surface area contributed by atoms with E-state index in [1.165, 1.54) is 12.8 Å². The van der Waals surface area contributed by atoms with Crippen LogP contribution in [0.25, 0.3) is 0 Å². The highest BCUT2D eigenvalue weighted by Gasteiger charge is 2.42. The van der Waals surface area contributed by atoms with Crippen molar-refractivity contribution in [2.24, 2.45) is 5.92 Å². The second kappa shape index (κ2) is 12.0. The number of hydrogen-bond acceptors (Lipinski definition) is 3. The maximum Gasteiger partial charge on any atom is 0.193 e. The van der Waals surface area contributed by atoms with Gasteiger partial charge in [-0.25, -0.2) is 0 Å². The van der Waals surface area contributed by atoms with Crippen LogP contribution < -0.4 is 0 Å². The van der Waals surface area contributed by atoms with E-state index < -0.39 is 16.6 Å². The molecule has 31 heavy (non-hydrogen) atoms. The van der Waals surface area contributed by atoms with E-state index in [-0.39, 0.29) is 28.9 Å². The lowest BCUT2D eigenvalue weighted by atomic mass is 10.0. The molecule has 0 saturated heterocycles. The lowest BCUT2D eigenvalue weighted by molar-refractivity contribution is -0.115. The van der Waals surface area contributed by atoms with Gasteiger partial charge < -0.3 is 8.85 Å². The Kier molecular flexibility index (Phi) is 11.0. The fourth-order valence-corrected chi connectivity index (χ4v) is 8.00. The molecular formula is C26H48O3Si2. The summed E-state index contributed by atoms with van der Waals surface area (Å²) in [7, 11) is -3.74. The van der Waals surface area contributed by atoms with E-state index in [0.29, 0.717) is 12.0 Å². The Hall–Kier alpha value is -0.676. The number of ketones is 1. The largest absolute Gasteiger partial charge is 0.412 e. The van der Waals surface area contributed by atoms with Crippen molar-refractivity contribution in [1.82, 2.24) is 0 Å². The lowest BCUT2D eigenvalue weighted by Gasteiger charge is -2.38. The third-order valence-electron chi connectivity index (χ3n) is 7.54. The van der Waals surface area contributed by atoms with Crippen LogP contribution in [-0.4, -0.2) is 34.6 Å². The van der Waals surface area contributed by atoms with Gasteiger partial charge in [0.05, 0.1) is 12.0 Å². The fraction of sp³-hybridized carbons (Fsp3) is 0.808. The summed E-state index contributed by atoms with van der Waals surface area (Å²) in [5.74, 6) is 6.81. The third-order valence-corrected chi connectivity index (χ3v) is 16.7. The average molecular weight is 465 g/mol. The zero-order valence-electron chi connectivity index (χ0n) is 21.8. The number of Topliss-reactive ketones (excluding diaryl/α,β-unsaturated/α-hetero) is 1. The molecule has 0 amide bonds. The van der Waals surface area contributed by atoms with Gasteiger partial charge in [0.1, 0.15) is 6.10 Å². The summed E-state index contributed by atoms with van der Waals surface area (Å²) in [6, 6.07) is 3.22. The first kappa shape index (κ1) is 28.4. The third kappa shape index (κ3) is 7.70. The van der Waals surface area contributed by atoms with Gasteiger partial charge in [-0.3, -0.25) is 4.79 Å². The summed E-state index contributed by atoms with van der Waals surface area (Å²) >= 11 is 0. The summed E-state index contributed by atoms with van der Waals surface area (Å²) in [4.78, 5) is 12.5. The Morgan fingerprint density at radius 2 is 1.68 bits per heavy atom. The summed E-state index contributed by atoms with van der Waals surface area (Å²) in [5, 5.41) is 0.144. The Morgan fingerprint density at radius 3 is 2.16 bits per heavy atom. The predicted molar refractivity (Wildman–Crippen MR) is 138 cm³/mol. The van der Waals surface area contributed by atoms with Crippen LogP contribution in [0.3, 0.4) is 0 Å². The molecule has 0 heterocycles. The molecule has 3 atom stereocenters. The molecule has 0 N–H and O–H groups in total. The van der Waals surface area contributed by atoms with E-state index >= 15 is 0 Å². The Bertz CT molecular complexity index is 654. The average Bonchev–Trinajstić information content (AvgIpc) is 2.96. The van der Waals surface area contributed by atoms with Crippen LogP contribution in [0, 0.1) is 17.8 Å². The molecule has 1 aliphatic carbocycles. The number of carbonyl (C=O) groups is 1. The number of unbranched alkanes of at least 4 members (excludes halogenated alkanes) is 2. The van der Waals surface area contributed by atoms with E-state index in [4.69, 9.17) is 8.85 Å². The highest BCUT2D eigenvalue weighted by molar-refractivity contribution is 6.74. The van der Waals surface area contributed by atoms with Crippen LogP contribution in [0.4, 0.5) is 0 Å². The van der Waals surface area contributed by atoms with Gasteiger partial charge in [0.2, 0.25) is 0 Å². The number of carbonyl (C=O) groups excluding carboxylic acids is 1. The Labute approximate surface area is 195 Å². The van der Waals surface area contributed by atoms with Gasteiger partial charge in [-0.05, 0) is 49.1 Å². The monoisotopic (exact) mass is 464 g/mol. The quantitative estimate of drug-likeness (QED) is 0.137. The molecule has 0 aromatic rings. The molecule has 0 spiro atoms. The minimum Gasteiger partial charge on any atom is -0.412 e. The molecule has 0 aromatic heterocycles. The van der Waals surface area contributed by atoms with Crippen molar-refractivity contribution in [1.29, 1.82) is 0 Å². The Morgan fingerprint density at radius 1 is 1.10 bits per heavy atom. The predicted octanol–water partition coefficient (Wildman–Crippen LogP) is 7.50. The first-order valence-corrected chi connectivity index (χ1v) is 17.9. The minimum absolute atomic E-state index is 0.0814. The molecule has 1 fully saturated rings. The maximum absolute atomic E-state index is 12.5. The van der Waals surface area contributed by atoms with Gasteiger partial charge in [0, 0.05) is 12.0 Å². The molecule has 0 bridgehead atoms. The standard InChI is InChI=1S/C26H48O3Si2/c1-11-15-16-17-22(28-30(9,10)26(6,7)8)18-19-23-21(5)24(27)20-25(23)29-31(12-2,13-3)14-4/h22-23,25H,5,11-17,20H2,1-4,6-10H3/t22-,23+,25-/m0/s1. The van der Waals surface area contributed by atoms with E-state index in [2.05, 4.69) is 80.0 Å². The molecular weight excluding hydrogens is 416 g/mol. The zero-order chi connectivity index (χ0) is 23.9. The highest BCUT2D eigenvalue weighted by atomic mass is 28.4. The van der Waals surface area contributed by atoms with Crippen molar-refractivity contribution in [2.75, 3.05) is 0 Å². The second-order valence-corrected chi connectivity index (χ2v) is 20.2. The van der Waals surface area contributed by atoms with E-state index in [1.54, 1.807) is 0 Å². The molecule has 3 nitrogen and oxygen atoms in total. The van der Waals surface area contributed by atoms with Crippen LogP contribution in [0.5, 0.6) is 0 Å². The van der Waals surface area contributed by atoms with E-state index in [1.807, 2.05) is 0 Å². The first-order chi connectivity index (χ1) is 14.4. The highest BCUT2D eigenvalue weighted by Crippen LogP contribution is 2.38. The summed E-state index contributed by atoms with van der Waals surface area (Å²) in [6.45, 7) is 24.4. The topological polar surface area (TPSA) is 35.5 Å². The van der Waals surface area contributed by atoms with Crippen molar-refractivity contribution in [3.8, 4) is 11.8 Å². The Balaban J connectivity index is 3.13. The molecule has 0 unspecified atom stereocenters. The smallest absolute Gasteiger partial charge is 0.193 e. The number of hydrogen-bond donors (Lipinski definition) is 0. The van der Waals surface area contributed by atoms with Gasteiger partial charge in [0.15, 0.2) is 22.4 Å². The van der Waals surface area contributed by atoms with Crippen molar-refractivity contribution in [3.05, 3.63) is 12.2 Å². The maximum atomic E-state index is 12.5. The zero-order valence-corrected chi connectivity index (χ0v) is 23.8. The molecule has 1 saturated carbocycles. The van der Waals surface area contributed by atoms with E-state index in [9.17, 15) is 4.79 Å². The normalized spacial score (nSPS) is 21.2. The van der Waals surface area contributed by atoms with Crippen LogP contribution in [0.2, 0.25) is 36.3 Å². The van der Waals surface area contributed by atoms with Crippen LogP contribution in [0.1, 0.15) is 80.6 Å². The summed E-state index contributed by atoms with van der Waals surface area (Å²) in [5.41, 5.74) is 0.628. The van der Waals surface area contributed by atoms with Crippen molar-refractivity contribution >= 4 is 22.4 Å². The fourth-order valence-electron chi connectivity index (χ4n) is 3.90. The van der Waals surface area contributed by atoms with Gasteiger partial charge in [0.25, 0.3) is 0 Å². The number of rotatable bonds is 11. The molecule has 1 aliphatic rings. The van der Waals surface area contributed by atoms with Crippen molar-refractivity contribution < 1.29 is 13.6 Å². The van der Waals surface area contributed by atoms with Crippen LogP contribution in [0.15, 0.2) is 12.2 Å². The molecule has 5 heteroatoms. The molecule has 178 valence electrons. The van der Waals surface area contributed by atoms with Gasteiger partial charge in [-0.15, -0.1) is 0 Å².